The van der Waals surface area contributed by atoms with Crippen LogP contribution in [0.2, 0.25) is 0 Å². The van der Waals surface area contributed by atoms with E-state index in [1.807, 2.05) is 11.9 Å². The van der Waals surface area contributed by atoms with Crippen LogP contribution >= 0.6 is 0 Å². The van der Waals surface area contributed by atoms with Crippen molar-refractivity contribution >= 4 is 5.69 Å². The molecule has 1 aliphatic rings. The van der Waals surface area contributed by atoms with Crippen molar-refractivity contribution in [3.63, 3.8) is 0 Å². The van der Waals surface area contributed by atoms with Crippen molar-refractivity contribution < 1.29 is 13.2 Å². The Kier molecular flexibility index (Phi) is 4.04. The molecule has 1 N–H and O–H groups in total. The summed E-state index contributed by atoms with van der Waals surface area (Å²) in [6.07, 6.45) is -2.20. The number of anilines is 1. The summed E-state index contributed by atoms with van der Waals surface area (Å²) in [4.78, 5) is 2.03. The molecule has 0 bridgehead atoms. The van der Waals surface area contributed by atoms with Gasteiger partial charge >= 0.3 is 6.18 Å². The predicted molar refractivity (Wildman–Crippen MR) is 70.5 cm³/mol. The van der Waals surface area contributed by atoms with Gasteiger partial charge in [0.15, 0.2) is 0 Å². The molecule has 1 fully saturated rings. The number of likely N-dealkylation sites (N-methyl/N-ethyl adjacent to an activating group) is 1. The topological polar surface area (TPSA) is 15.3 Å². The van der Waals surface area contributed by atoms with Crippen molar-refractivity contribution in [2.24, 2.45) is 0 Å². The zero-order chi connectivity index (χ0) is 14.0. The van der Waals surface area contributed by atoms with Gasteiger partial charge in [-0.15, -0.1) is 0 Å². The van der Waals surface area contributed by atoms with Crippen molar-refractivity contribution in [2.75, 3.05) is 25.0 Å². The molecule has 0 aromatic heterocycles. The Morgan fingerprint density at radius 3 is 2.68 bits per heavy atom. The molecule has 1 aromatic rings. The highest BCUT2D eigenvalue weighted by atomic mass is 19.4. The van der Waals surface area contributed by atoms with Crippen molar-refractivity contribution in [1.82, 2.24) is 5.32 Å². The molecule has 1 saturated heterocycles. The number of benzene rings is 1. The lowest BCUT2D eigenvalue weighted by Crippen LogP contribution is -2.44. The highest BCUT2D eigenvalue weighted by Gasteiger charge is 2.33. The molecule has 5 heteroatoms. The molecule has 0 amide bonds. The van der Waals surface area contributed by atoms with Crippen LogP contribution in [0.1, 0.15) is 24.0 Å². The molecule has 2 rings (SSSR count). The highest BCUT2D eigenvalue weighted by molar-refractivity contribution is 5.52. The quantitative estimate of drug-likeness (QED) is 0.889. The molecule has 2 nitrogen and oxygen atoms in total. The SMILES string of the molecule is CNC1CCCN(c2ccc(C)c(C(F)(F)F)c2)C1. The molecule has 0 saturated carbocycles. The number of nitrogens with one attached hydrogen (secondary N) is 1. The van der Waals surface area contributed by atoms with E-state index in [0.717, 1.165) is 25.9 Å². The van der Waals surface area contributed by atoms with E-state index in [-0.39, 0.29) is 5.56 Å². The van der Waals surface area contributed by atoms with Crippen LogP contribution in [-0.4, -0.2) is 26.2 Å². The van der Waals surface area contributed by atoms with E-state index < -0.39 is 11.7 Å². The summed E-state index contributed by atoms with van der Waals surface area (Å²) < 4.78 is 38.7. The fourth-order valence-corrected chi connectivity index (χ4v) is 2.56. The van der Waals surface area contributed by atoms with Crippen LogP contribution in [0.25, 0.3) is 0 Å². The second-order valence-electron chi connectivity index (χ2n) is 5.07. The Hall–Kier alpha value is -1.23. The fraction of sp³-hybridized carbons (Fsp3) is 0.571. The van der Waals surface area contributed by atoms with Gasteiger partial charge in [0.2, 0.25) is 0 Å². The first kappa shape index (κ1) is 14.2. The van der Waals surface area contributed by atoms with Gasteiger partial charge < -0.3 is 10.2 Å². The lowest BCUT2D eigenvalue weighted by Gasteiger charge is -2.34. The second-order valence-corrected chi connectivity index (χ2v) is 5.07. The number of rotatable bonds is 2. The summed E-state index contributed by atoms with van der Waals surface area (Å²) in [5.41, 5.74) is 0.410. The number of alkyl halides is 3. The Morgan fingerprint density at radius 2 is 2.05 bits per heavy atom. The molecular weight excluding hydrogens is 253 g/mol. The molecule has 1 heterocycles. The van der Waals surface area contributed by atoms with E-state index >= 15 is 0 Å². The smallest absolute Gasteiger partial charge is 0.370 e. The van der Waals surface area contributed by atoms with E-state index in [0.29, 0.717) is 11.7 Å². The summed E-state index contributed by atoms with van der Waals surface area (Å²) in [7, 11) is 1.89. The van der Waals surface area contributed by atoms with E-state index in [4.69, 9.17) is 0 Å². The van der Waals surface area contributed by atoms with E-state index in [2.05, 4.69) is 5.32 Å². The molecule has 1 aromatic carbocycles. The molecule has 106 valence electrons. The third kappa shape index (κ3) is 3.21. The number of hydrogen-bond donors (Lipinski definition) is 1. The fourth-order valence-electron chi connectivity index (χ4n) is 2.56. The van der Waals surface area contributed by atoms with Gasteiger partial charge in [0.05, 0.1) is 5.56 Å². The number of halogens is 3. The van der Waals surface area contributed by atoms with Crippen LogP contribution in [0.15, 0.2) is 18.2 Å². The summed E-state index contributed by atoms with van der Waals surface area (Å²) in [5.74, 6) is 0. The van der Waals surface area contributed by atoms with Crippen molar-refractivity contribution in [1.29, 1.82) is 0 Å². The number of nitrogens with zero attached hydrogens (tertiary/aromatic N) is 1. The highest BCUT2D eigenvalue weighted by Crippen LogP contribution is 2.34. The predicted octanol–water partition coefficient (Wildman–Crippen LogP) is 3.20. The Balaban J connectivity index is 2.25. The third-order valence-electron chi connectivity index (χ3n) is 3.72. The van der Waals surface area contributed by atoms with Gasteiger partial charge in [-0.25, -0.2) is 0 Å². The van der Waals surface area contributed by atoms with Crippen molar-refractivity contribution in [2.45, 2.75) is 32.0 Å². The summed E-state index contributed by atoms with van der Waals surface area (Å²) in [6, 6.07) is 4.96. The number of hydrogen-bond acceptors (Lipinski definition) is 2. The van der Waals surface area contributed by atoms with Gasteiger partial charge in [0.1, 0.15) is 0 Å². The molecule has 1 atom stereocenters. The molecular formula is C14H19F3N2. The largest absolute Gasteiger partial charge is 0.416 e. The van der Waals surface area contributed by atoms with Crippen LogP contribution in [-0.2, 0) is 6.18 Å². The van der Waals surface area contributed by atoms with E-state index in [1.165, 1.54) is 13.0 Å². The maximum atomic E-state index is 12.9. The molecule has 0 spiro atoms. The summed E-state index contributed by atoms with van der Waals surface area (Å²) >= 11 is 0. The van der Waals surface area contributed by atoms with Gasteiger partial charge in [-0.2, -0.15) is 13.2 Å². The second kappa shape index (κ2) is 5.41. The van der Waals surface area contributed by atoms with Gasteiger partial charge in [0, 0.05) is 24.8 Å². The summed E-state index contributed by atoms with van der Waals surface area (Å²) in [5, 5.41) is 3.20. The molecule has 1 aliphatic heterocycles. The zero-order valence-electron chi connectivity index (χ0n) is 11.2. The monoisotopic (exact) mass is 272 g/mol. The lowest BCUT2D eigenvalue weighted by atomic mass is 10.0. The molecule has 19 heavy (non-hydrogen) atoms. The average Bonchev–Trinajstić information content (AvgIpc) is 2.38. The van der Waals surface area contributed by atoms with Crippen LogP contribution in [0.3, 0.4) is 0 Å². The first-order valence-corrected chi connectivity index (χ1v) is 6.52. The number of piperidine rings is 1. The normalized spacial score (nSPS) is 20.7. The van der Waals surface area contributed by atoms with Crippen LogP contribution in [0.5, 0.6) is 0 Å². The van der Waals surface area contributed by atoms with Gasteiger partial charge in [0.25, 0.3) is 0 Å². The lowest BCUT2D eigenvalue weighted by molar-refractivity contribution is -0.138. The Labute approximate surface area is 111 Å². The zero-order valence-corrected chi connectivity index (χ0v) is 11.2. The first-order chi connectivity index (χ1) is 8.91. The summed E-state index contributed by atoms with van der Waals surface area (Å²) in [6.45, 7) is 3.08. The average molecular weight is 272 g/mol. The molecule has 0 aliphatic carbocycles. The van der Waals surface area contributed by atoms with E-state index in [1.54, 1.807) is 12.1 Å². The van der Waals surface area contributed by atoms with Crippen LogP contribution in [0, 0.1) is 6.92 Å². The van der Waals surface area contributed by atoms with Gasteiger partial charge in [-0.1, -0.05) is 6.07 Å². The maximum Gasteiger partial charge on any atom is 0.416 e. The van der Waals surface area contributed by atoms with E-state index in [9.17, 15) is 13.2 Å². The molecule has 1 unspecified atom stereocenters. The Morgan fingerprint density at radius 1 is 1.32 bits per heavy atom. The number of aryl methyl sites for hydroxylation is 1. The first-order valence-electron chi connectivity index (χ1n) is 6.52. The van der Waals surface area contributed by atoms with Gasteiger partial charge in [-0.05, 0) is 44.5 Å². The minimum Gasteiger partial charge on any atom is -0.370 e. The third-order valence-corrected chi connectivity index (χ3v) is 3.72. The van der Waals surface area contributed by atoms with Crippen LogP contribution in [0.4, 0.5) is 18.9 Å². The van der Waals surface area contributed by atoms with Crippen molar-refractivity contribution in [3.05, 3.63) is 29.3 Å². The standard InChI is InChI=1S/C14H19F3N2/c1-10-5-6-12(8-13(10)14(15,16)17)19-7-3-4-11(9-19)18-2/h5-6,8,11,18H,3-4,7,9H2,1-2H3. The Bertz CT molecular complexity index is 443. The van der Waals surface area contributed by atoms with Gasteiger partial charge in [-0.3, -0.25) is 0 Å². The minimum absolute atomic E-state index is 0.276. The van der Waals surface area contributed by atoms with Crippen LogP contribution < -0.4 is 10.2 Å². The van der Waals surface area contributed by atoms with Crippen molar-refractivity contribution in [3.8, 4) is 0 Å². The molecule has 0 radical (unpaired) electrons. The maximum absolute atomic E-state index is 12.9. The minimum atomic E-state index is -4.28.